The summed E-state index contributed by atoms with van der Waals surface area (Å²) in [5.74, 6) is 1.21. The summed E-state index contributed by atoms with van der Waals surface area (Å²) in [5.41, 5.74) is 2.72. The maximum Gasteiger partial charge on any atom is 0.225 e. The molecule has 3 aromatic rings. The standard InChI is InChI=1S/C19H18Cl2N4/c1-12-10-18(24-17-11-15(20)8-9-16(17)21)25-19(22-12)23-13(2)14-6-4-3-5-7-14/h3-11,13H,1-2H3,(H2,22,23,24,25). The van der Waals surface area contributed by atoms with Gasteiger partial charge in [0, 0.05) is 16.8 Å². The van der Waals surface area contributed by atoms with Gasteiger partial charge in [0.25, 0.3) is 0 Å². The topological polar surface area (TPSA) is 49.8 Å². The van der Waals surface area contributed by atoms with E-state index >= 15 is 0 Å². The van der Waals surface area contributed by atoms with Gasteiger partial charge in [-0.05, 0) is 37.6 Å². The average molecular weight is 373 g/mol. The van der Waals surface area contributed by atoms with Crippen LogP contribution in [0.1, 0.15) is 24.2 Å². The summed E-state index contributed by atoms with van der Waals surface area (Å²) in [6, 6.07) is 17.4. The van der Waals surface area contributed by atoms with Crippen molar-refractivity contribution in [1.29, 1.82) is 0 Å². The maximum atomic E-state index is 6.21. The maximum absolute atomic E-state index is 6.21. The van der Waals surface area contributed by atoms with Crippen molar-refractivity contribution in [1.82, 2.24) is 9.97 Å². The van der Waals surface area contributed by atoms with Crippen LogP contribution in [-0.4, -0.2) is 9.97 Å². The summed E-state index contributed by atoms with van der Waals surface area (Å²) in [4.78, 5) is 8.99. The van der Waals surface area contributed by atoms with E-state index in [1.807, 2.05) is 31.2 Å². The molecule has 0 aliphatic carbocycles. The molecule has 0 aliphatic heterocycles. The highest BCUT2D eigenvalue weighted by molar-refractivity contribution is 6.35. The zero-order chi connectivity index (χ0) is 17.8. The second-order valence-electron chi connectivity index (χ2n) is 5.74. The Morgan fingerprint density at radius 2 is 1.72 bits per heavy atom. The molecule has 128 valence electrons. The van der Waals surface area contributed by atoms with E-state index in [0.717, 1.165) is 5.69 Å². The van der Waals surface area contributed by atoms with Crippen molar-refractivity contribution in [3.8, 4) is 0 Å². The summed E-state index contributed by atoms with van der Waals surface area (Å²) < 4.78 is 0. The van der Waals surface area contributed by atoms with E-state index in [1.54, 1.807) is 18.2 Å². The van der Waals surface area contributed by atoms with Crippen LogP contribution in [0, 0.1) is 6.92 Å². The van der Waals surface area contributed by atoms with E-state index in [4.69, 9.17) is 23.2 Å². The Bertz CT molecular complexity index is 869. The van der Waals surface area contributed by atoms with Gasteiger partial charge in [0.15, 0.2) is 0 Å². The van der Waals surface area contributed by atoms with Gasteiger partial charge in [0.2, 0.25) is 5.95 Å². The van der Waals surface area contributed by atoms with Gasteiger partial charge >= 0.3 is 0 Å². The van der Waals surface area contributed by atoms with Crippen molar-refractivity contribution < 1.29 is 0 Å². The lowest BCUT2D eigenvalue weighted by Gasteiger charge is -2.16. The molecule has 2 aromatic carbocycles. The molecule has 2 N–H and O–H groups in total. The number of benzene rings is 2. The van der Waals surface area contributed by atoms with Gasteiger partial charge in [-0.15, -0.1) is 0 Å². The first-order chi connectivity index (χ1) is 12.0. The number of aryl methyl sites for hydroxylation is 1. The van der Waals surface area contributed by atoms with Gasteiger partial charge in [0.1, 0.15) is 5.82 Å². The summed E-state index contributed by atoms with van der Waals surface area (Å²) in [6.45, 7) is 3.99. The Morgan fingerprint density at radius 3 is 2.48 bits per heavy atom. The molecule has 0 bridgehead atoms. The lowest BCUT2D eigenvalue weighted by Crippen LogP contribution is -2.10. The largest absolute Gasteiger partial charge is 0.348 e. The molecule has 0 spiro atoms. The molecular formula is C19H18Cl2N4. The van der Waals surface area contributed by atoms with Crippen molar-refractivity contribution in [2.24, 2.45) is 0 Å². The van der Waals surface area contributed by atoms with E-state index in [2.05, 4.69) is 39.7 Å². The molecule has 25 heavy (non-hydrogen) atoms. The average Bonchev–Trinajstić information content (AvgIpc) is 2.58. The number of rotatable bonds is 5. The molecule has 1 atom stereocenters. The van der Waals surface area contributed by atoms with Gasteiger partial charge < -0.3 is 10.6 Å². The van der Waals surface area contributed by atoms with E-state index in [-0.39, 0.29) is 6.04 Å². The predicted octanol–water partition coefficient (Wildman–Crippen LogP) is 6.01. The van der Waals surface area contributed by atoms with Crippen LogP contribution < -0.4 is 10.6 Å². The highest BCUT2D eigenvalue weighted by Gasteiger charge is 2.09. The Kier molecular flexibility index (Phi) is 5.41. The molecule has 0 radical (unpaired) electrons. The third-order valence-corrected chi connectivity index (χ3v) is 4.26. The molecule has 0 saturated carbocycles. The highest BCUT2D eigenvalue weighted by Crippen LogP contribution is 2.28. The van der Waals surface area contributed by atoms with Crippen LogP contribution in [-0.2, 0) is 0 Å². The van der Waals surface area contributed by atoms with Crippen molar-refractivity contribution in [2.45, 2.75) is 19.9 Å². The quantitative estimate of drug-likeness (QED) is 0.575. The Balaban J connectivity index is 1.82. The summed E-state index contributed by atoms with van der Waals surface area (Å²) in [7, 11) is 0. The van der Waals surface area contributed by atoms with Crippen molar-refractivity contribution in [3.63, 3.8) is 0 Å². The lowest BCUT2D eigenvalue weighted by atomic mass is 10.1. The normalized spacial score (nSPS) is 11.8. The van der Waals surface area contributed by atoms with Crippen LogP contribution in [0.15, 0.2) is 54.6 Å². The van der Waals surface area contributed by atoms with Crippen LogP contribution in [0.4, 0.5) is 17.5 Å². The number of nitrogens with zero attached hydrogens (tertiary/aromatic N) is 2. The Hall–Kier alpha value is -2.30. The molecule has 1 aromatic heterocycles. The minimum Gasteiger partial charge on any atom is -0.348 e. The van der Waals surface area contributed by atoms with Crippen LogP contribution >= 0.6 is 23.2 Å². The van der Waals surface area contributed by atoms with Crippen LogP contribution in [0.25, 0.3) is 0 Å². The van der Waals surface area contributed by atoms with Gasteiger partial charge in [0.05, 0.1) is 16.8 Å². The van der Waals surface area contributed by atoms with Crippen molar-refractivity contribution in [3.05, 3.63) is 75.9 Å². The Labute approximate surface area is 157 Å². The van der Waals surface area contributed by atoms with Crippen molar-refractivity contribution in [2.75, 3.05) is 10.6 Å². The number of anilines is 3. The molecule has 6 heteroatoms. The fourth-order valence-electron chi connectivity index (χ4n) is 2.45. The first kappa shape index (κ1) is 17.5. The Morgan fingerprint density at radius 1 is 0.960 bits per heavy atom. The summed E-state index contributed by atoms with van der Waals surface area (Å²) in [5, 5.41) is 7.71. The molecular weight excluding hydrogens is 355 g/mol. The SMILES string of the molecule is Cc1cc(Nc2cc(Cl)ccc2Cl)nc(NC(C)c2ccccc2)n1. The second kappa shape index (κ2) is 7.72. The first-order valence-corrected chi connectivity index (χ1v) is 8.66. The molecule has 1 heterocycles. The number of hydrogen-bond donors (Lipinski definition) is 2. The summed E-state index contributed by atoms with van der Waals surface area (Å²) >= 11 is 12.2. The van der Waals surface area contributed by atoms with Crippen LogP contribution in [0.2, 0.25) is 10.0 Å². The lowest BCUT2D eigenvalue weighted by molar-refractivity contribution is 0.858. The minimum absolute atomic E-state index is 0.0885. The van der Waals surface area contributed by atoms with Gasteiger partial charge in [-0.1, -0.05) is 53.5 Å². The van der Waals surface area contributed by atoms with Crippen LogP contribution in [0.5, 0.6) is 0 Å². The first-order valence-electron chi connectivity index (χ1n) is 7.90. The molecule has 0 saturated heterocycles. The molecule has 1 unspecified atom stereocenters. The number of nitrogens with one attached hydrogen (secondary N) is 2. The zero-order valence-corrected chi connectivity index (χ0v) is 15.4. The van der Waals surface area contributed by atoms with Gasteiger partial charge in [-0.3, -0.25) is 0 Å². The molecule has 4 nitrogen and oxygen atoms in total. The van der Waals surface area contributed by atoms with E-state index < -0.39 is 0 Å². The fourth-order valence-corrected chi connectivity index (χ4v) is 2.78. The van der Waals surface area contributed by atoms with Crippen LogP contribution in [0.3, 0.4) is 0 Å². The summed E-state index contributed by atoms with van der Waals surface area (Å²) in [6.07, 6.45) is 0. The predicted molar refractivity (Wildman–Crippen MR) is 105 cm³/mol. The number of aromatic nitrogens is 2. The fraction of sp³-hybridized carbons (Fsp3) is 0.158. The van der Waals surface area contributed by atoms with Crippen molar-refractivity contribution >= 4 is 40.7 Å². The van der Waals surface area contributed by atoms with E-state index in [1.165, 1.54) is 5.56 Å². The smallest absolute Gasteiger partial charge is 0.225 e. The minimum atomic E-state index is 0.0885. The molecule has 0 fully saturated rings. The third kappa shape index (κ3) is 4.62. The number of halogens is 2. The van der Waals surface area contributed by atoms with E-state index in [0.29, 0.717) is 27.5 Å². The molecule has 3 rings (SSSR count). The second-order valence-corrected chi connectivity index (χ2v) is 6.59. The third-order valence-electron chi connectivity index (χ3n) is 3.69. The molecule has 0 amide bonds. The highest BCUT2D eigenvalue weighted by atomic mass is 35.5. The number of hydrogen-bond acceptors (Lipinski definition) is 4. The van der Waals surface area contributed by atoms with Gasteiger partial charge in [-0.2, -0.15) is 4.98 Å². The monoisotopic (exact) mass is 372 g/mol. The zero-order valence-electron chi connectivity index (χ0n) is 13.9. The van der Waals surface area contributed by atoms with E-state index in [9.17, 15) is 0 Å². The molecule has 0 aliphatic rings. The van der Waals surface area contributed by atoms with Gasteiger partial charge in [-0.25, -0.2) is 4.98 Å².